The molecule has 0 aliphatic rings. The number of aromatic hydroxyl groups is 1. The van der Waals surface area contributed by atoms with Crippen molar-refractivity contribution in [3.05, 3.63) is 26.4 Å². The summed E-state index contributed by atoms with van der Waals surface area (Å²) in [6.07, 6.45) is 1.32. The molecule has 0 aliphatic carbocycles. The third kappa shape index (κ3) is 2.64. The van der Waals surface area contributed by atoms with E-state index in [9.17, 15) is 14.7 Å². The van der Waals surface area contributed by atoms with Crippen molar-refractivity contribution in [1.82, 2.24) is 9.13 Å². The summed E-state index contributed by atoms with van der Waals surface area (Å²) in [6, 6.07) is 0. The van der Waals surface area contributed by atoms with Gasteiger partial charge in [-0.05, 0) is 5.92 Å². The SMILES string of the molecule is CC(C)CN=Cc1c(O)n(C)c(=O)n(C)c1=O. The highest BCUT2D eigenvalue weighted by atomic mass is 16.3. The molecular weight excluding hydrogens is 222 g/mol. The zero-order chi connectivity index (χ0) is 13.2. The van der Waals surface area contributed by atoms with Crippen molar-refractivity contribution >= 4 is 6.21 Å². The molecule has 1 heterocycles. The first kappa shape index (κ1) is 13.2. The molecule has 0 radical (unpaired) electrons. The molecule has 1 aromatic rings. The van der Waals surface area contributed by atoms with Crippen molar-refractivity contribution in [2.24, 2.45) is 25.0 Å². The Kier molecular flexibility index (Phi) is 3.88. The Labute approximate surface area is 98.9 Å². The Morgan fingerprint density at radius 3 is 2.41 bits per heavy atom. The van der Waals surface area contributed by atoms with Crippen LogP contribution < -0.4 is 11.2 Å². The van der Waals surface area contributed by atoms with Crippen molar-refractivity contribution in [2.45, 2.75) is 13.8 Å². The average Bonchev–Trinajstić information content (AvgIpc) is 2.28. The van der Waals surface area contributed by atoms with Crippen LogP contribution in [0.25, 0.3) is 0 Å². The largest absolute Gasteiger partial charge is 0.494 e. The minimum Gasteiger partial charge on any atom is -0.494 e. The lowest BCUT2D eigenvalue weighted by atomic mass is 10.2. The van der Waals surface area contributed by atoms with Crippen LogP contribution in [0.5, 0.6) is 5.88 Å². The van der Waals surface area contributed by atoms with Gasteiger partial charge >= 0.3 is 5.69 Å². The average molecular weight is 239 g/mol. The Bertz CT molecular complexity index is 552. The topological polar surface area (TPSA) is 76.6 Å². The van der Waals surface area contributed by atoms with E-state index in [-0.39, 0.29) is 11.4 Å². The van der Waals surface area contributed by atoms with Crippen LogP contribution in [0.15, 0.2) is 14.6 Å². The lowest BCUT2D eigenvalue weighted by molar-refractivity contribution is 0.410. The molecule has 0 spiro atoms. The standard InChI is InChI=1S/C11H17N3O3/c1-7(2)5-12-6-8-9(15)13(3)11(17)14(4)10(8)16/h6-7,15H,5H2,1-4H3. The molecule has 0 amide bonds. The first-order chi connectivity index (χ1) is 7.86. The summed E-state index contributed by atoms with van der Waals surface area (Å²) >= 11 is 0. The van der Waals surface area contributed by atoms with Gasteiger partial charge in [0.05, 0.1) is 0 Å². The fourth-order valence-corrected chi connectivity index (χ4v) is 1.33. The third-order valence-electron chi connectivity index (χ3n) is 2.36. The summed E-state index contributed by atoms with van der Waals surface area (Å²) in [5.74, 6) is 0.00961. The molecule has 6 heteroatoms. The summed E-state index contributed by atoms with van der Waals surface area (Å²) in [4.78, 5) is 27.3. The van der Waals surface area contributed by atoms with Gasteiger partial charge in [0.15, 0.2) is 0 Å². The van der Waals surface area contributed by atoms with Crippen LogP contribution in [0.2, 0.25) is 0 Å². The number of aliphatic imine (C=N–C) groups is 1. The van der Waals surface area contributed by atoms with Gasteiger partial charge in [0.2, 0.25) is 5.88 Å². The van der Waals surface area contributed by atoms with E-state index in [1.54, 1.807) is 0 Å². The number of hydrogen-bond acceptors (Lipinski definition) is 4. The predicted octanol–water partition coefficient (Wildman–Crippen LogP) is -0.136. The first-order valence-electron chi connectivity index (χ1n) is 5.35. The van der Waals surface area contributed by atoms with Gasteiger partial charge in [0.25, 0.3) is 5.56 Å². The Morgan fingerprint density at radius 2 is 1.88 bits per heavy atom. The fourth-order valence-electron chi connectivity index (χ4n) is 1.33. The maximum Gasteiger partial charge on any atom is 0.333 e. The monoisotopic (exact) mass is 239 g/mol. The van der Waals surface area contributed by atoms with E-state index < -0.39 is 11.2 Å². The minimum atomic E-state index is -0.562. The van der Waals surface area contributed by atoms with Crippen LogP contribution in [-0.4, -0.2) is 27.0 Å². The molecule has 6 nitrogen and oxygen atoms in total. The third-order valence-corrected chi connectivity index (χ3v) is 2.36. The Morgan fingerprint density at radius 1 is 1.29 bits per heavy atom. The van der Waals surface area contributed by atoms with Crippen molar-refractivity contribution in [2.75, 3.05) is 6.54 Å². The van der Waals surface area contributed by atoms with Crippen LogP contribution in [0.4, 0.5) is 0 Å². The highest BCUT2D eigenvalue weighted by Crippen LogP contribution is 2.06. The highest BCUT2D eigenvalue weighted by Gasteiger charge is 2.12. The minimum absolute atomic E-state index is 0.0373. The Balaban J connectivity index is 3.31. The van der Waals surface area contributed by atoms with Crippen LogP contribution in [0.3, 0.4) is 0 Å². The second kappa shape index (κ2) is 4.99. The van der Waals surface area contributed by atoms with Gasteiger partial charge in [-0.25, -0.2) is 4.79 Å². The molecule has 0 atom stereocenters. The molecule has 0 saturated heterocycles. The number of rotatable bonds is 3. The summed E-state index contributed by atoms with van der Waals surface area (Å²) in [5, 5.41) is 9.71. The van der Waals surface area contributed by atoms with E-state index in [1.807, 2.05) is 13.8 Å². The molecule has 0 unspecified atom stereocenters. The van der Waals surface area contributed by atoms with Crippen molar-refractivity contribution in [3.8, 4) is 5.88 Å². The quantitative estimate of drug-likeness (QED) is 0.746. The lowest BCUT2D eigenvalue weighted by Crippen LogP contribution is -2.38. The second-order valence-electron chi connectivity index (χ2n) is 4.33. The van der Waals surface area contributed by atoms with E-state index in [2.05, 4.69) is 4.99 Å². The lowest BCUT2D eigenvalue weighted by Gasteiger charge is -2.07. The van der Waals surface area contributed by atoms with Gasteiger partial charge in [-0.2, -0.15) is 0 Å². The predicted molar refractivity (Wildman–Crippen MR) is 65.9 cm³/mol. The highest BCUT2D eigenvalue weighted by molar-refractivity contribution is 5.81. The molecule has 94 valence electrons. The number of nitrogens with zero attached hydrogens (tertiary/aromatic N) is 3. The van der Waals surface area contributed by atoms with Crippen LogP contribution >= 0.6 is 0 Å². The first-order valence-corrected chi connectivity index (χ1v) is 5.35. The normalized spacial score (nSPS) is 11.6. The molecule has 0 aromatic carbocycles. The van der Waals surface area contributed by atoms with Crippen LogP contribution in [0, 0.1) is 5.92 Å². The van der Waals surface area contributed by atoms with Crippen molar-refractivity contribution in [1.29, 1.82) is 0 Å². The maximum absolute atomic E-state index is 11.7. The molecule has 0 aliphatic heterocycles. The second-order valence-corrected chi connectivity index (χ2v) is 4.33. The zero-order valence-electron chi connectivity index (χ0n) is 10.5. The zero-order valence-corrected chi connectivity index (χ0v) is 10.5. The molecular formula is C11H17N3O3. The molecule has 0 saturated carbocycles. The van der Waals surface area contributed by atoms with Crippen molar-refractivity contribution in [3.63, 3.8) is 0 Å². The summed E-state index contributed by atoms with van der Waals surface area (Å²) < 4.78 is 1.95. The fraction of sp³-hybridized carbons (Fsp3) is 0.545. The Hall–Kier alpha value is -1.85. The summed E-state index contributed by atoms with van der Waals surface area (Å²) in [7, 11) is 2.76. The van der Waals surface area contributed by atoms with E-state index >= 15 is 0 Å². The number of hydrogen-bond donors (Lipinski definition) is 1. The number of aromatic nitrogens is 2. The van der Waals surface area contributed by atoms with Crippen molar-refractivity contribution < 1.29 is 5.11 Å². The molecule has 0 bridgehead atoms. The molecule has 1 N–H and O–H groups in total. The summed E-state index contributed by atoms with van der Waals surface area (Å²) in [5.41, 5.74) is -1.07. The van der Waals surface area contributed by atoms with Gasteiger partial charge in [-0.3, -0.25) is 18.9 Å². The van der Waals surface area contributed by atoms with Gasteiger partial charge < -0.3 is 5.11 Å². The van der Waals surface area contributed by atoms with Gasteiger partial charge in [0, 0.05) is 26.9 Å². The van der Waals surface area contributed by atoms with E-state index in [1.165, 1.54) is 20.3 Å². The van der Waals surface area contributed by atoms with E-state index in [0.29, 0.717) is 12.5 Å². The van der Waals surface area contributed by atoms with Gasteiger partial charge in [0.1, 0.15) is 5.56 Å². The van der Waals surface area contributed by atoms with Gasteiger partial charge in [-0.1, -0.05) is 13.8 Å². The molecule has 17 heavy (non-hydrogen) atoms. The maximum atomic E-state index is 11.7. The van der Waals surface area contributed by atoms with Crippen LogP contribution in [0.1, 0.15) is 19.4 Å². The van der Waals surface area contributed by atoms with E-state index in [4.69, 9.17) is 0 Å². The molecule has 1 aromatic heterocycles. The smallest absolute Gasteiger partial charge is 0.333 e. The van der Waals surface area contributed by atoms with Crippen LogP contribution in [-0.2, 0) is 14.1 Å². The molecule has 0 fully saturated rings. The molecule has 1 rings (SSSR count). The van der Waals surface area contributed by atoms with Gasteiger partial charge in [-0.15, -0.1) is 0 Å². The summed E-state index contributed by atoms with van der Waals surface area (Å²) in [6.45, 7) is 4.55. The van der Waals surface area contributed by atoms with E-state index in [0.717, 1.165) is 9.13 Å².